The van der Waals surface area contributed by atoms with Gasteiger partial charge in [-0.1, -0.05) is 6.07 Å². The molecule has 0 radical (unpaired) electrons. The van der Waals surface area contributed by atoms with Gasteiger partial charge >= 0.3 is 5.97 Å². The Kier molecular flexibility index (Phi) is 6.08. The minimum Gasteiger partial charge on any atom is -0.493 e. The summed E-state index contributed by atoms with van der Waals surface area (Å²) in [6.45, 7) is 1.24. The van der Waals surface area contributed by atoms with Crippen LogP contribution in [0.25, 0.3) is 0 Å². The maximum absolute atomic E-state index is 12.7. The van der Waals surface area contributed by atoms with E-state index in [4.69, 9.17) is 19.3 Å². The van der Waals surface area contributed by atoms with Gasteiger partial charge in [-0.2, -0.15) is 0 Å². The van der Waals surface area contributed by atoms with E-state index in [-0.39, 0.29) is 23.8 Å². The Morgan fingerprint density at radius 3 is 2.11 bits per heavy atom. The van der Waals surface area contributed by atoms with E-state index in [2.05, 4.69) is 0 Å². The van der Waals surface area contributed by atoms with Crippen LogP contribution in [-0.4, -0.2) is 55.3 Å². The lowest BCUT2D eigenvalue weighted by Crippen LogP contribution is -2.44. The Hall–Kier alpha value is -2.44. The van der Waals surface area contributed by atoms with Crippen LogP contribution in [0.3, 0.4) is 0 Å². The lowest BCUT2D eigenvalue weighted by molar-refractivity contribution is -0.142. The molecule has 2 fully saturated rings. The molecular formula is C20H27NO6. The summed E-state index contributed by atoms with van der Waals surface area (Å²) in [6, 6.07) is 5.50. The number of carboxylic acid groups (broad SMARTS) is 1. The molecule has 1 saturated carbocycles. The van der Waals surface area contributed by atoms with Crippen molar-refractivity contribution in [3.8, 4) is 17.2 Å². The summed E-state index contributed by atoms with van der Waals surface area (Å²) in [6.07, 6.45) is 3.16. The van der Waals surface area contributed by atoms with Gasteiger partial charge in [0.05, 0.1) is 20.1 Å². The van der Waals surface area contributed by atoms with Crippen molar-refractivity contribution < 1.29 is 28.9 Å². The van der Waals surface area contributed by atoms with Gasteiger partial charge in [-0.25, -0.2) is 0 Å². The lowest BCUT2D eigenvalue weighted by atomic mass is 10.0. The van der Waals surface area contributed by atoms with Crippen molar-refractivity contribution in [3.05, 3.63) is 18.2 Å². The largest absolute Gasteiger partial charge is 0.493 e. The van der Waals surface area contributed by atoms with Gasteiger partial charge in [-0.15, -0.1) is 0 Å². The summed E-state index contributed by atoms with van der Waals surface area (Å²) in [7, 11) is 3.18. The van der Waals surface area contributed by atoms with E-state index >= 15 is 0 Å². The molecule has 1 N–H and O–H groups in total. The Bertz CT molecular complexity index is 661. The number of carbonyl (C=O) groups excluding carboxylic acids is 1. The summed E-state index contributed by atoms with van der Waals surface area (Å²) in [5, 5.41) is 9.12. The minimum atomic E-state index is -0.789. The van der Waals surface area contributed by atoms with Crippen molar-refractivity contribution in [1.29, 1.82) is 0 Å². The van der Waals surface area contributed by atoms with Gasteiger partial charge in [0.25, 0.3) is 0 Å². The third-order valence-electron chi connectivity index (χ3n) is 5.55. The zero-order valence-corrected chi connectivity index (χ0v) is 15.8. The third kappa shape index (κ3) is 4.28. The number of carbonyl (C=O) groups is 2. The molecule has 1 amide bonds. The van der Waals surface area contributed by atoms with E-state index in [1.165, 1.54) is 0 Å². The van der Waals surface area contributed by atoms with Crippen LogP contribution in [0.4, 0.5) is 0 Å². The van der Waals surface area contributed by atoms with Crippen LogP contribution in [0.1, 0.15) is 32.1 Å². The van der Waals surface area contributed by atoms with Crippen LogP contribution in [0.2, 0.25) is 0 Å². The number of amides is 1. The molecule has 0 bridgehead atoms. The summed E-state index contributed by atoms with van der Waals surface area (Å²) < 4.78 is 16.9. The SMILES string of the molecule is COc1cccc(OC)c1OC1CCN(C(=O)[C@@H]2CC[C@H](C(=O)O)C2)CC1. The molecule has 0 aromatic heterocycles. The van der Waals surface area contributed by atoms with E-state index in [0.717, 1.165) is 12.8 Å². The summed E-state index contributed by atoms with van der Waals surface area (Å²) in [5.41, 5.74) is 0. The summed E-state index contributed by atoms with van der Waals surface area (Å²) >= 11 is 0. The van der Waals surface area contributed by atoms with Gasteiger partial charge in [0.15, 0.2) is 11.5 Å². The second kappa shape index (κ2) is 8.50. The van der Waals surface area contributed by atoms with E-state index < -0.39 is 5.97 Å². The fraction of sp³-hybridized carbons (Fsp3) is 0.600. The van der Waals surface area contributed by atoms with Crippen LogP contribution in [0.5, 0.6) is 17.2 Å². The van der Waals surface area contributed by atoms with Crippen LogP contribution in [0.15, 0.2) is 18.2 Å². The van der Waals surface area contributed by atoms with Crippen molar-refractivity contribution in [2.45, 2.75) is 38.2 Å². The first-order chi connectivity index (χ1) is 13.0. The molecule has 1 aromatic rings. The number of hydrogen-bond donors (Lipinski definition) is 1. The molecule has 1 aliphatic heterocycles. The van der Waals surface area contributed by atoms with Crippen molar-refractivity contribution in [2.75, 3.05) is 27.3 Å². The molecule has 27 heavy (non-hydrogen) atoms. The Morgan fingerprint density at radius 2 is 1.59 bits per heavy atom. The van der Waals surface area contributed by atoms with Crippen LogP contribution >= 0.6 is 0 Å². The second-order valence-corrected chi connectivity index (χ2v) is 7.18. The Labute approximate surface area is 159 Å². The quantitative estimate of drug-likeness (QED) is 0.820. The van der Waals surface area contributed by atoms with Crippen molar-refractivity contribution in [2.24, 2.45) is 11.8 Å². The second-order valence-electron chi connectivity index (χ2n) is 7.18. The molecule has 1 heterocycles. The predicted octanol–water partition coefficient (Wildman–Crippen LogP) is 2.57. The number of aliphatic carboxylic acids is 1. The highest BCUT2D eigenvalue weighted by atomic mass is 16.5. The molecular weight excluding hydrogens is 350 g/mol. The van der Waals surface area contributed by atoms with Gasteiger partial charge < -0.3 is 24.2 Å². The van der Waals surface area contributed by atoms with Gasteiger partial charge in [-0.05, 0) is 31.4 Å². The first-order valence-electron chi connectivity index (χ1n) is 9.42. The van der Waals surface area contributed by atoms with E-state index in [0.29, 0.717) is 49.6 Å². The van der Waals surface area contributed by atoms with E-state index in [9.17, 15) is 9.59 Å². The Balaban J connectivity index is 1.55. The van der Waals surface area contributed by atoms with E-state index in [1.54, 1.807) is 14.2 Å². The number of carboxylic acids is 1. The lowest BCUT2D eigenvalue weighted by Gasteiger charge is -2.34. The number of hydrogen-bond acceptors (Lipinski definition) is 5. The zero-order valence-electron chi connectivity index (χ0n) is 15.8. The highest BCUT2D eigenvalue weighted by molar-refractivity contribution is 5.81. The van der Waals surface area contributed by atoms with Crippen molar-refractivity contribution in [3.63, 3.8) is 0 Å². The molecule has 1 saturated heterocycles. The molecule has 7 nitrogen and oxygen atoms in total. The maximum atomic E-state index is 12.7. The monoisotopic (exact) mass is 377 g/mol. The smallest absolute Gasteiger partial charge is 0.306 e. The molecule has 0 spiro atoms. The molecule has 3 rings (SSSR count). The van der Waals surface area contributed by atoms with Gasteiger partial charge in [0.1, 0.15) is 6.10 Å². The Morgan fingerprint density at radius 1 is 1.00 bits per heavy atom. The number of methoxy groups -OCH3 is 2. The fourth-order valence-electron chi connectivity index (χ4n) is 3.98. The molecule has 0 unspecified atom stereocenters. The number of benzene rings is 1. The number of rotatable bonds is 6. The maximum Gasteiger partial charge on any atom is 0.306 e. The topological polar surface area (TPSA) is 85.3 Å². The molecule has 2 aliphatic rings. The van der Waals surface area contributed by atoms with Crippen LogP contribution in [-0.2, 0) is 9.59 Å². The fourth-order valence-corrected chi connectivity index (χ4v) is 3.98. The highest BCUT2D eigenvalue weighted by Crippen LogP contribution is 2.39. The van der Waals surface area contributed by atoms with Crippen LogP contribution < -0.4 is 14.2 Å². The first kappa shape index (κ1) is 19.3. The number of likely N-dealkylation sites (tertiary alicyclic amines) is 1. The number of para-hydroxylation sites is 1. The van der Waals surface area contributed by atoms with Gasteiger partial charge in [0.2, 0.25) is 11.7 Å². The zero-order chi connectivity index (χ0) is 19.4. The third-order valence-corrected chi connectivity index (χ3v) is 5.55. The first-order valence-corrected chi connectivity index (χ1v) is 9.42. The molecule has 7 heteroatoms. The molecule has 2 atom stereocenters. The summed E-state index contributed by atoms with van der Waals surface area (Å²) in [5.74, 6) is 0.607. The average molecular weight is 377 g/mol. The van der Waals surface area contributed by atoms with Crippen molar-refractivity contribution in [1.82, 2.24) is 4.90 Å². The highest BCUT2D eigenvalue weighted by Gasteiger charge is 2.37. The number of nitrogens with zero attached hydrogens (tertiary/aromatic N) is 1. The summed E-state index contributed by atoms with van der Waals surface area (Å²) in [4.78, 5) is 25.6. The van der Waals surface area contributed by atoms with Gasteiger partial charge in [-0.3, -0.25) is 9.59 Å². The van der Waals surface area contributed by atoms with Gasteiger partial charge in [0, 0.05) is 31.8 Å². The van der Waals surface area contributed by atoms with Crippen LogP contribution in [0, 0.1) is 11.8 Å². The van der Waals surface area contributed by atoms with E-state index in [1.807, 2.05) is 23.1 Å². The van der Waals surface area contributed by atoms with Crippen molar-refractivity contribution >= 4 is 11.9 Å². The number of piperidine rings is 1. The molecule has 1 aliphatic carbocycles. The average Bonchev–Trinajstić information content (AvgIpc) is 3.18. The molecule has 148 valence electrons. The number of ether oxygens (including phenoxy) is 3. The minimum absolute atomic E-state index is 0.0189. The normalized spacial score (nSPS) is 23.1. The predicted molar refractivity (Wildman–Crippen MR) is 98.2 cm³/mol. The standard InChI is InChI=1S/C20H27NO6/c1-25-16-4-3-5-17(26-2)18(16)27-15-8-10-21(11-9-15)19(22)13-6-7-14(12-13)20(23)24/h3-5,13-15H,6-12H2,1-2H3,(H,23,24)/t13-,14+/m1/s1. The molecule has 1 aromatic carbocycles.